The van der Waals surface area contributed by atoms with Crippen LogP contribution < -0.4 is 5.19 Å². The number of nitrogens with zero attached hydrogens (tertiary/aromatic N) is 1. The summed E-state index contributed by atoms with van der Waals surface area (Å²) < 4.78 is 6.49. The van der Waals surface area contributed by atoms with Crippen molar-refractivity contribution in [2.24, 2.45) is 5.41 Å². The van der Waals surface area contributed by atoms with E-state index in [0.29, 0.717) is 0 Å². The number of benzene rings is 3. The molecule has 0 N–H and O–H groups in total. The van der Waals surface area contributed by atoms with Gasteiger partial charge in [0.15, 0.2) is 0 Å². The van der Waals surface area contributed by atoms with Gasteiger partial charge >= 0.3 is 0 Å². The van der Waals surface area contributed by atoms with Gasteiger partial charge in [-0.05, 0) is 58.9 Å². The molecule has 0 saturated heterocycles. The molecule has 34 heavy (non-hydrogen) atoms. The molecule has 3 heteroatoms. The lowest BCUT2D eigenvalue weighted by Gasteiger charge is -2.18. The fraction of sp³-hybridized carbons (Fsp3) is 0.258. The average Bonchev–Trinajstić information content (AvgIpc) is 3.15. The van der Waals surface area contributed by atoms with E-state index in [2.05, 4.69) is 113 Å². The zero-order chi connectivity index (χ0) is 24.1. The molecular formula is C31H33NOSi. The topological polar surface area (TPSA) is 26.0 Å². The molecule has 0 fully saturated rings. The molecule has 5 aromatic rings. The van der Waals surface area contributed by atoms with Gasteiger partial charge in [0.05, 0.1) is 13.8 Å². The number of hydrogen-bond donors (Lipinski definition) is 0. The van der Waals surface area contributed by atoms with Crippen molar-refractivity contribution < 1.29 is 4.42 Å². The summed E-state index contributed by atoms with van der Waals surface area (Å²) in [6, 6.07) is 26.3. The Kier molecular flexibility index (Phi) is 5.48. The molecule has 2 nitrogen and oxygen atoms in total. The molecule has 0 aliphatic heterocycles. The first-order chi connectivity index (χ1) is 16.1. The third-order valence-electron chi connectivity index (χ3n) is 6.42. The van der Waals surface area contributed by atoms with Gasteiger partial charge in [-0.15, -0.1) is 0 Å². The highest BCUT2D eigenvalue weighted by molar-refractivity contribution is 6.88. The van der Waals surface area contributed by atoms with Crippen molar-refractivity contribution in [3.63, 3.8) is 0 Å². The van der Waals surface area contributed by atoms with E-state index in [-0.39, 0.29) is 5.41 Å². The van der Waals surface area contributed by atoms with E-state index in [0.717, 1.165) is 39.6 Å². The first-order valence-electron chi connectivity index (χ1n) is 12.1. The van der Waals surface area contributed by atoms with E-state index in [9.17, 15) is 0 Å². The van der Waals surface area contributed by atoms with Gasteiger partial charge in [-0.2, -0.15) is 0 Å². The van der Waals surface area contributed by atoms with Crippen molar-refractivity contribution in [1.82, 2.24) is 4.98 Å². The lowest BCUT2D eigenvalue weighted by Crippen LogP contribution is -2.37. The lowest BCUT2D eigenvalue weighted by molar-refractivity contribution is 0.411. The van der Waals surface area contributed by atoms with Crippen LogP contribution in [-0.4, -0.2) is 13.1 Å². The van der Waals surface area contributed by atoms with E-state index >= 15 is 0 Å². The Morgan fingerprint density at radius 1 is 0.794 bits per heavy atom. The van der Waals surface area contributed by atoms with E-state index in [1.54, 1.807) is 0 Å². The van der Waals surface area contributed by atoms with Gasteiger partial charge in [-0.3, -0.25) is 4.98 Å². The van der Waals surface area contributed by atoms with Crippen LogP contribution in [0.15, 0.2) is 83.4 Å². The van der Waals surface area contributed by atoms with Gasteiger partial charge in [0, 0.05) is 22.5 Å². The summed E-state index contributed by atoms with van der Waals surface area (Å²) in [5.41, 5.74) is 7.77. The normalized spacial score (nSPS) is 12.5. The largest absolute Gasteiger partial charge is 0.455 e. The van der Waals surface area contributed by atoms with E-state index in [1.165, 1.54) is 21.9 Å². The Labute approximate surface area is 203 Å². The highest BCUT2D eigenvalue weighted by Gasteiger charge is 2.17. The molecule has 0 aliphatic carbocycles. The summed E-state index contributed by atoms with van der Waals surface area (Å²) in [4.78, 5) is 4.70. The maximum Gasteiger partial charge on any atom is 0.144 e. The second-order valence-corrected chi connectivity index (χ2v) is 16.7. The highest BCUT2D eigenvalue weighted by Crippen LogP contribution is 2.37. The minimum Gasteiger partial charge on any atom is -0.455 e. The quantitative estimate of drug-likeness (QED) is 0.250. The molecule has 0 radical (unpaired) electrons. The van der Waals surface area contributed by atoms with Gasteiger partial charge in [-0.1, -0.05) is 88.1 Å². The van der Waals surface area contributed by atoms with Crippen LogP contribution in [0.25, 0.3) is 44.3 Å². The van der Waals surface area contributed by atoms with Crippen LogP contribution in [0.5, 0.6) is 0 Å². The van der Waals surface area contributed by atoms with Crippen LogP contribution in [0.2, 0.25) is 19.6 Å². The maximum atomic E-state index is 6.49. The molecular weight excluding hydrogens is 430 g/mol. The summed E-state index contributed by atoms with van der Waals surface area (Å²) in [6.45, 7) is 13.9. The molecule has 0 amide bonds. The fourth-order valence-electron chi connectivity index (χ4n) is 4.69. The minimum absolute atomic E-state index is 0.230. The van der Waals surface area contributed by atoms with E-state index < -0.39 is 8.07 Å². The Morgan fingerprint density at radius 2 is 1.53 bits per heavy atom. The Balaban J connectivity index is 1.58. The fourth-order valence-corrected chi connectivity index (χ4v) is 5.85. The second kappa shape index (κ2) is 8.25. The highest BCUT2D eigenvalue weighted by atomic mass is 28.3. The van der Waals surface area contributed by atoms with Gasteiger partial charge in [0.25, 0.3) is 0 Å². The predicted octanol–water partition coefficient (Wildman–Crippen LogP) is 8.45. The van der Waals surface area contributed by atoms with Gasteiger partial charge < -0.3 is 4.42 Å². The number of furan rings is 1. The monoisotopic (exact) mass is 463 g/mol. The number of fused-ring (bicyclic) bond motifs is 3. The molecule has 3 aromatic carbocycles. The zero-order valence-electron chi connectivity index (χ0n) is 21.1. The maximum absolute atomic E-state index is 6.49. The Hall–Kier alpha value is -3.17. The molecule has 2 aromatic heterocycles. The SMILES string of the molecule is CC(C)(C)Cc1ccnc(-c2cccc3c2oc2cc(-c4ccc([Si](C)(C)C)cc4)ccc23)c1. The molecule has 0 unspecified atom stereocenters. The molecule has 0 bridgehead atoms. The Morgan fingerprint density at radius 3 is 2.24 bits per heavy atom. The lowest BCUT2D eigenvalue weighted by atomic mass is 9.88. The molecule has 172 valence electrons. The van der Waals surface area contributed by atoms with Crippen molar-refractivity contribution in [3.05, 3.63) is 84.6 Å². The minimum atomic E-state index is -1.30. The van der Waals surface area contributed by atoms with Crippen LogP contribution in [0.1, 0.15) is 26.3 Å². The van der Waals surface area contributed by atoms with Gasteiger partial charge in [0.2, 0.25) is 0 Å². The molecule has 0 spiro atoms. The van der Waals surface area contributed by atoms with Crippen molar-refractivity contribution >= 4 is 35.2 Å². The van der Waals surface area contributed by atoms with E-state index in [1.807, 2.05) is 6.20 Å². The first kappa shape index (κ1) is 22.6. The zero-order valence-corrected chi connectivity index (χ0v) is 22.1. The van der Waals surface area contributed by atoms with Crippen LogP contribution in [-0.2, 0) is 6.42 Å². The van der Waals surface area contributed by atoms with Crippen molar-refractivity contribution in [1.29, 1.82) is 0 Å². The average molecular weight is 464 g/mol. The summed E-state index contributed by atoms with van der Waals surface area (Å²) in [6.07, 6.45) is 2.93. The molecule has 0 aliphatic rings. The van der Waals surface area contributed by atoms with Crippen molar-refractivity contribution in [2.75, 3.05) is 0 Å². The molecule has 0 saturated carbocycles. The van der Waals surface area contributed by atoms with Crippen LogP contribution in [0, 0.1) is 5.41 Å². The summed E-state index contributed by atoms with van der Waals surface area (Å²) >= 11 is 0. The standard InChI is InChI=1S/C31H33NOSi/c1-31(2,3)20-21-16-17-32-28(18-21)27-9-7-8-26-25-15-12-23(19-29(25)33-30(26)27)22-10-13-24(14-11-22)34(4,5)6/h7-19H,20H2,1-6H3. The molecule has 2 heterocycles. The Bertz CT molecular complexity index is 1480. The number of rotatable bonds is 4. The van der Waals surface area contributed by atoms with Crippen LogP contribution in [0.4, 0.5) is 0 Å². The predicted molar refractivity (Wildman–Crippen MR) is 149 cm³/mol. The van der Waals surface area contributed by atoms with Crippen molar-refractivity contribution in [2.45, 2.75) is 46.8 Å². The first-order valence-corrected chi connectivity index (χ1v) is 15.6. The summed E-state index contributed by atoms with van der Waals surface area (Å²) in [5, 5.41) is 3.76. The van der Waals surface area contributed by atoms with Gasteiger partial charge in [-0.25, -0.2) is 0 Å². The number of aromatic nitrogens is 1. The third-order valence-corrected chi connectivity index (χ3v) is 8.48. The van der Waals surface area contributed by atoms with Crippen LogP contribution in [0.3, 0.4) is 0 Å². The summed E-state index contributed by atoms with van der Waals surface area (Å²) in [7, 11) is -1.30. The van der Waals surface area contributed by atoms with Gasteiger partial charge in [0.1, 0.15) is 11.2 Å². The number of hydrogen-bond acceptors (Lipinski definition) is 2. The molecule has 5 rings (SSSR count). The third kappa shape index (κ3) is 4.45. The van der Waals surface area contributed by atoms with Crippen LogP contribution >= 0.6 is 0 Å². The summed E-state index contributed by atoms with van der Waals surface area (Å²) in [5.74, 6) is 0. The molecule has 0 atom stereocenters. The van der Waals surface area contributed by atoms with E-state index in [4.69, 9.17) is 9.40 Å². The number of para-hydroxylation sites is 1. The number of pyridine rings is 1. The second-order valence-electron chi connectivity index (χ2n) is 11.6. The van der Waals surface area contributed by atoms with Crippen molar-refractivity contribution in [3.8, 4) is 22.4 Å². The smallest absolute Gasteiger partial charge is 0.144 e.